The van der Waals surface area contributed by atoms with Crippen molar-refractivity contribution < 1.29 is 4.79 Å². The van der Waals surface area contributed by atoms with Gasteiger partial charge in [-0.1, -0.05) is 51.4 Å². The average Bonchev–Trinajstić information content (AvgIpc) is 2.59. The Morgan fingerprint density at radius 1 is 1.14 bits per heavy atom. The zero-order valence-electron chi connectivity index (χ0n) is 14.2. The Kier molecular flexibility index (Phi) is 7.20. The molecule has 2 N–H and O–H groups in total. The number of rotatable bonds is 6. The highest BCUT2D eigenvalue weighted by Gasteiger charge is 2.26. The zero-order valence-corrected chi connectivity index (χ0v) is 14.2. The molecule has 0 bridgehead atoms. The van der Waals surface area contributed by atoms with Crippen LogP contribution in [0.2, 0.25) is 0 Å². The van der Waals surface area contributed by atoms with E-state index >= 15 is 0 Å². The minimum Gasteiger partial charge on any atom is -0.353 e. The fourth-order valence-corrected chi connectivity index (χ4v) is 4.18. The van der Waals surface area contributed by atoms with Crippen LogP contribution in [-0.4, -0.2) is 30.4 Å². The van der Waals surface area contributed by atoms with E-state index in [2.05, 4.69) is 5.32 Å². The van der Waals surface area contributed by atoms with Crippen molar-refractivity contribution in [3.8, 4) is 0 Å². The molecule has 0 saturated heterocycles. The van der Waals surface area contributed by atoms with Crippen molar-refractivity contribution in [1.82, 2.24) is 10.2 Å². The molecule has 0 spiro atoms. The summed E-state index contributed by atoms with van der Waals surface area (Å²) in [5.74, 6) is 1.83. The molecule has 1 unspecified atom stereocenters. The lowest BCUT2D eigenvalue weighted by molar-refractivity contribution is -0.114. The van der Waals surface area contributed by atoms with Crippen LogP contribution in [-0.2, 0) is 4.79 Å². The van der Waals surface area contributed by atoms with Gasteiger partial charge in [0.25, 0.3) is 0 Å². The number of nitrogens with zero attached hydrogens (tertiary/aromatic N) is 1. The second kappa shape index (κ2) is 9.16. The first-order valence-electron chi connectivity index (χ1n) is 9.24. The van der Waals surface area contributed by atoms with E-state index in [1.54, 1.807) is 7.05 Å². The van der Waals surface area contributed by atoms with Gasteiger partial charge in [0.05, 0.1) is 0 Å². The second-order valence-electron chi connectivity index (χ2n) is 7.30. The lowest BCUT2D eigenvalue weighted by Gasteiger charge is -2.34. The molecule has 2 saturated carbocycles. The highest BCUT2D eigenvalue weighted by atomic mass is 16.1. The normalized spacial score (nSPS) is 22.0. The van der Waals surface area contributed by atoms with Gasteiger partial charge in [-0.2, -0.15) is 0 Å². The molecule has 2 rings (SSSR count). The number of hydrogen-bond acceptors (Lipinski definition) is 2. The smallest absolute Gasteiger partial charge is 0.216 e. The number of carbonyl (C=O) groups is 1. The molecule has 0 radical (unpaired) electrons. The Morgan fingerprint density at radius 3 is 2.32 bits per heavy atom. The largest absolute Gasteiger partial charge is 0.353 e. The molecule has 1 atom stereocenters. The van der Waals surface area contributed by atoms with Crippen LogP contribution in [0.1, 0.15) is 77.0 Å². The quantitative estimate of drug-likeness (QED) is 0.444. The first kappa shape index (κ1) is 17.3. The maximum atomic E-state index is 10.9. The number of amides is 1. The number of nitrogens with one attached hydrogen (secondary N) is 2. The summed E-state index contributed by atoms with van der Waals surface area (Å²) in [6, 6.07) is 0.372. The van der Waals surface area contributed by atoms with Crippen molar-refractivity contribution in [2.45, 2.75) is 83.1 Å². The third kappa shape index (κ3) is 5.29. The van der Waals surface area contributed by atoms with E-state index in [1.165, 1.54) is 75.5 Å². The lowest BCUT2D eigenvalue weighted by atomic mass is 9.79. The zero-order chi connectivity index (χ0) is 15.8. The minimum absolute atomic E-state index is 0.259. The van der Waals surface area contributed by atoms with Gasteiger partial charge in [0.1, 0.15) is 0 Å². The summed E-state index contributed by atoms with van der Waals surface area (Å²) in [4.78, 5) is 12.2. The molecular formula is C18H33N3O. The van der Waals surface area contributed by atoms with Crippen LogP contribution in [0.5, 0.6) is 0 Å². The van der Waals surface area contributed by atoms with Gasteiger partial charge in [-0.15, -0.1) is 0 Å². The summed E-state index contributed by atoms with van der Waals surface area (Å²) in [5.41, 5.74) is 0. The number of carbonyl (C=O) groups excluding carboxylic acids is 1. The SMILES string of the molecule is CN(C=O)C(=N)NC(CCC1CCCCC1)C1CCCCC1. The van der Waals surface area contributed by atoms with Crippen molar-refractivity contribution in [2.24, 2.45) is 11.8 Å². The van der Waals surface area contributed by atoms with E-state index in [0.29, 0.717) is 18.4 Å². The topological polar surface area (TPSA) is 56.2 Å². The number of hydrogen-bond donors (Lipinski definition) is 2. The first-order chi connectivity index (χ1) is 10.7. The molecule has 2 fully saturated rings. The lowest BCUT2D eigenvalue weighted by Crippen LogP contribution is -2.47. The van der Waals surface area contributed by atoms with Crippen molar-refractivity contribution in [3.63, 3.8) is 0 Å². The maximum Gasteiger partial charge on any atom is 0.216 e. The molecule has 2 aliphatic rings. The fraction of sp³-hybridized carbons (Fsp3) is 0.889. The summed E-state index contributed by atoms with van der Waals surface area (Å²) in [6.07, 6.45) is 16.7. The molecule has 1 amide bonds. The summed E-state index contributed by atoms with van der Waals surface area (Å²) in [5, 5.41) is 11.4. The third-order valence-electron chi connectivity index (χ3n) is 5.66. The molecular weight excluding hydrogens is 274 g/mol. The van der Waals surface area contributed by atoms with E-state index in [9.17, 15) is 4.79 Å². The Balaban J connectivity index is 1.87. The molecule has 22 heavy (non-hydrogen) atoms. The summed E-state index contributed by atoms with van der Waals surface area (Å²) < 4.78 is 0. The molecule has 4 heteroatoms. The Morgan fingerprint density at radius 2 is 1.73 bits per heavy atom. The molecule has 0 aromatic carbocycles. The van der Waals surface area contributed by atoms with Crippen LogP contribution in [0.15, 0.2) is 0 Å². The van der Waals surface area contributed by atoms with E-state index in [4.69, 9.17) is 5.41 Å². The van der Waals surface area contributed by atoms with Gasteiger partial charge in [0.15, 0.2) is 5.96 Å². The van der Waals surface area contributed by atoms with Crippen LogP contribution in [0.4, 0.5) is 0 Å². The molecule has 0 aromatic heterocycles. The van der Waals surface area contributed by atoms with Crippen LogP contribution >= 0.6 is 0 Å². The Labute approximate surface area is 135 Å². The third-order valence-corrected chi connectivity index (χ3v) is 5.66. The maximum absolute atomic E-state index is 10.9. The van der Waals surface area contributed by atoms with Gasteiger partial charge in [0, 0.05) is 13.1 Å². The molecule has 0 heterocycles. The molecule has 0 aromatic rings. The van der Waals surface area contributed by atoms with Crippen LogP contribution in [0.25, 0.3) is 0 Å². The van der Waals surface area contributed by atoms with Gasteiger partial charge in [-0.05, 0) is 37.5 Å². The molecule has 0 aliphatic heterocycles. The van der Waals surface area contributed by atoms with E-state index in [-0.39, 0.29) is 5.96 Å². The highest BCUT2D eigenvalue weighted by Crippen LogP contribution is 2.32. The fourth-order valence-electron chi connectivity index (χ4n) is 4.18. The monoisotopic (exact) mass is 307 g/mol. The Bertz CT molecular complexity index is 346. The van der Waals surface area contributed by atoms with E-state index < -0.39 is 0 Å². The van der Waals surface area contributed by atoms with Crippen LogP contribution in [0.3, 0.4) is 0 Å². The van der Waals surface area contributed by atoms with Crippen molar-refractivity contribution >= 4 is 12.4 Å². The van der Waals surface area contributed by atoms with Gasteiger partial charge < -0.3 is 5.32 Å². The average molecular weight is 307 g/mol. The van der Waals surface area contributed by atoms with Crippen molar-refractivity contribution in [3.05, 3.63) is 0 Å². The molecule has 4 nitrogen and oxygen atoms in total. The minimum atomic E-state index is 0.259. The van der Waals surface area contributed by atoms with Gasteiger partial charge in [-0.25, -0.2) is 0 Å². The van der Waals surface area contributed by atoms with E-state index in [1.807, 2.05) is 0 Å². The first-order valence-corrected chi connectivity index (χ1v) is 9.24. The van der Waals surface area contributed by atoms with Gasteiger partial charge in [0.2, 0.25) is 6.41 Å². The predicted octanol–water partition coefficient (Wildman–Crippen LogP) is 3.91. The van der Waals surface area contributed by atoms with Crippen LogP contribution < -0.4 is 5.32 Å². The van der Waals surface area contributed by atoms with Gasteiger partial charge >= 0.3 is 0 Å². The van der Waals surface area contributed by atoms with Crippen molar-refractivity contribution in [1.29, 1.82) is 5.41 Å². The second-order valence-corrected chi connectivity index (χ2v) is 7.30. The standard InChI is InChI=1S/C18H33N3O/c1-21(14-22)18(19)20-17(16-10-6-3-7-11-16)13-12-15-8-4-2-5-9-15/h14-17H,2-13H2,1H3,(H2,19,20). The van der Waals surface area contributed by atoms with Gasteiger partial charge in [-0.3, -0.25) is 15.1 Å². The van der Waals surface area contributed by atoms with E-state index in [0.717, 1.165) is 12.3 Å². The molecule has 126 valence electrons. The van der Waals surface area contributed by atoms with Crippen molar-refractivity contribution in [2.75, 3.05) is 7.05 Å². The summed E-state index contributed by atoms with van der Waals surface area (Å²) in [7, 11) is 1.65. The Hall–Kier alpha value is -1.06. The highest BCUT2D eigenvalue weighted by molar-refractivity contribution is 5.86. The summed E-state index contributed by atoms with van der Waals surface area (Å²) in [6.45, 7) is 0. The van der Waals surface area contributed by atoms with Crippen LogP contribution in [0, 0.1) is 17.2 Å². The molecule has 2 aliphatic carbocycles. The number of guanidine groups is 1. The predicted molar refractivity (Wildman–Crippen MR) is 90.9 cm³/mol. The summed E-state index contributed by atoms with van der Waals surface area (Å²) >= 11 is 0.